The van der Waals surface area contributed by atoms with Gasteiger partial charge >= 0.3 is 6.16 Å². The van der Waals surface area contributed by atoms with Crippen molar-refractivity contribution in [1.82, 2.24) is 0 Å². The molecule has 0 spiro atoms. The van der Waals surface area contributed by atoms with E-state index in [-0.39, 0.29) is 6.61 Å². The lowest BCUT2D eigenvalue weighted by Gasteiger charge is -2.24. The van der Waals surface area contributed by atoms with Gasteiger partial charge in [-0.2, -0.15) is 0 Å². The van der Waals surface area contributed by atoms with E-state index in [0.717, 1.165) is 12.2 Å². The molecule has 0 bridgehead atoms. The molecule has 4 heteroatoms. The molecule has 25 heavy (non-hydrogen) atoms. The number of benzene rings is 3. The standard InChI is InChI=1S/C21H21NO3/c1-2-22(20-14-8-10-17-9-6-7-13-19(17)20)15-16-24-21(23)25-18-11-4-3-5-12-18/h3-14H,2,15-16H2,1H3. The van der Waals surface area contributed by atoms with E-state index in [1.165, 1.54) is 10.8 Å². The first-order chi connectivity index (χ1) is 12.3. The van der Waals surface area contributed by atoms with Crippen molar-refractivity contribution in [3.63, 3.8) is 0 Å². The third kappa shape index (κ3) is 4.29. The summed E-state index contributed by atoms with van der Waals surface area (Å²) in [5.74, 6) is 0.480. The summed E-state index contributed by atoms with van der Waals surface area (Å²) in [4.78, 5) is 14.0. The molecule has 0 aliphatic rings. The van der Waals surface area contributed by atoms with E-state index in [9.17, 15) is 4.79 Å². The minimum atomic E-state index is -0.680. The quantitative estimate of drug-likeness (QED) is 0.475. The number of para-hydroxylation sites is 1. The molecule has 3 aromatic rings. The van der Waals surface area contributed by atoms with Gasteiger partial charge in [0.15, 0.2) is 0 Å². The number of anilines is 1. The number of rotatable bonds is 6. The molecule has 0 N–H and O–H groups in total. The monoisotopic (exact) mass is 335 g/mol. The highest BCUT2D eigenvalue weighted by Gasteiger charge is 2.10. The Hall–Kier alpha value is -3.01. The van der Waals surface area contributed by atoms with Gasteiger partial charge in [-0.05, 0) is 30.5 Å². The molecule has 0 aliphatic heterocycles. The van der Waals surface area contributed by atoms with E-state index in [0.29, 0.717) is 12.3 Å². The summed E-state index contributed by atoms with van der Waals surface area (Å²) < 4.78 is 10.3. The fourth-order valence-electron chi connectivity index (χ4n) is 2.79. The van der Waals surface area contributed by atoms with Crippen LogP contribution in [0.5, 0.6) is 5.75 Å². The van der Waals surface area contributed by atoms with E-state index in [1.807, 2.05) is 36.4 Å². The van der Waals surface area contributed by atoms with Crippen LogP contribution in [-0.2, 0) is 4.74 Å². The number of ether oxygens (including phenoxy) is 2. The summed E-state index contributed by atoms with van der Waals surface area (Å²) in [5, 5.41) is 2.39. The van der Waals surface area contributed by atoms with E-state index in [4.69, 9.17) is 9.47 Å². The zero-order valence-electron chi connectivity index (χ0n) is 14.2. The SMILES string of the molecule is CCN(CCOC(=O)Oc1ccccc1)c1cccc2ccccc12. The van der Waals surface area contributed by atoms with Gasteiger partial charge in [0, 0.05) is 17.6 Å². The fourth-order valence-corrected chi connectivity index (χ4v) is 2.79. The van der Waals surface area contributed by atoms with Crippen molar-refractivity contribution >= 4 is 22.6 Å². The number of carbonyl (C=O) groups is 1. The smallest absolute Gasteiger partial charge is 0.432 e. The lowest BCUT2D eigenvalue weighted by molar-refractivity contribution is 0.101. The van der Waals surface area contributed by atoms with Crippen molar-refractivity contribution < 1.29 is 14.3 Å². The Morgan fingerprint density at radius 2 is 1.64 bits per heavy atom. The number of fused-ring (bicyclic) bond motifs is 1. The second-order valence-electron chi connectivity index (χ2n) is 5.59. The summed E-state index contributed by atoms with van der Waals surface area (Å²) in [5.41, 5.74) is 1.14. The van der Waals surface area contributed by atoms with Crippen molar-refractivity contribution in [3.8, 4) is 5.75 Å². The molecule has 0 aliphatic carbocycles. The van der Waals surface area contributed by atoms with Crippen LogP contribution in [-0.4, -0.2) is 25.9 Å². The number of carbonyl (C=O) groups excluding carboxylic acids is 1. The average Bonchev–Trinajstić information content (AvgIpc) is 2.66. The highest BCUT2D eigenvalue weighted by Crippen LogP contribution is 2.26. The van der Waals surface area contributed by atoms with Crippen LogP contribution >= 0.6 is 0 Å². The summed E-state index contributed by atoms with van der Waals surface area (Å²) in [6.45, 7) is 3.78. The Kier molecular flexibility index (Phi) is 5.52. The molecule has 0 saturated carbocycles. The lowest BCUT2D eigenvalue weighted by atomic mass is 10.1. The fraction of sp³-hybridized carbons (Fsp3) is 0.190. The second-order valence-corrected chi connectivity index (χ2v) is 5.59. The van der Waals surface area contributed by atoms with Crippen LogP contribution in [0.25, 0.3) is 10.8 Å². The van der Waals surface area contributed by atoms with Crippen molar-refractivity contribution in [2.75, 3.05) is 24.6 Å². The number of hydrogen-bond acceptors (Lipinski definition) is 4. The summed E-state index contributed by atoms with van der Waals surface area (Å²) in [6.07, 6.45) is -0.680. The maximum Gasteiger partial charge on any atom is 0.513 e. The topological polar surface area (TPSA) is 38.8 Å². The molecular formula is C21H21NO3. The maximum absolute atomic E-state index is 11.8. The molecule has 0 heterocycles. The first-order valence-electron chi connectivity index (χ1n) is 8.40. The Morgan fingerprint density at radius 3 is 2.44 bits per heavy atom. The second kappa shape index (κ2) is 8.20. The molecular weight excluding hydrogens is 314 g/mol. The molecule has 3 rings (SSSR count). The molecule has 128 valence electrons. The van der Waals surface area contributed by atoms with Gasteiger partial charge in [0.1, 0.15) is 12.4 Å². The Labute approximate surface area is 147 Å². The first kappa shape index (κ1) is 16.8. The van der Waals surface area contributed by atoms with Gasteiger partial charge in [0.2, 0.25) is 0 Å². The third-order valence-electron chi connectivity index (χ3n) is 4.01. The molecule has 0 fully saturated rings. The van der Waals surface area contributed by atoms with Gasteiger partial charge in [-0.1, -0.05) is 54.6 Å². The van der Waals surface area contributed by atoms with E-state index in [1.54, 1.807) is 12.1 Å². The summed E-state index contributed by atoms with van der Waals surface area (Å²) in [6, 6.07) is 23.4. The zero-order chi connectivity index (χ0) is 17.5. The molecule has 3 aromatic carbocycles. The molecule has 0 radical (unpaired) electrons. The zero-order valence-corrected chi connectivity index (χ0v) is 14.2. The summed E-state index contributed by atoms with van der Waals surface area (Å²) in [7, 11) is 0. The molecule has 0 unspecified atom stereocenters. The van der Waals surface area contributed by atoms with Crippen LogP contribution in [0, 0.1) is 0 Å². The molecule has 0 aromatic heterocycles. The number of hydrogen-bond donors (Lipinski definition) is 0. The first-order valence-corrected chi connectivity index (χ1v) is 8.40. The Balaban J connectivity index is 1.60. The summed E-state index contributed by atoms with van der Waals surface area (Å²) >= 11 is 0. The molecule has 0 atom stereocenters. The van der Waals surface area contributed by atoms with Crippen LogP contribution in [0.4, 0.5) is 10.5 Å². The minimum absolute atomic E-state index is 0.267. The van der Waals surface area contributed by atoms with Gasteiger partial charge in [0.05, 0.1) is 6.54 Å². The number of nitrogens with zero attached hydrogens (tertiary/aromatic N) is 1. The van der Waals surface area contributed by atoms with Crippen LogP contribution in [0.1, 0.15) is 6.92 Å². The normalized spacial score (nSPS) is 10.4. The highest BCUT2D eigenvalue weighted by molar-refractivity contribution is 5.94. The molecule has 0 amide bonds. The number of likely N-dealkylation sites (N-methyl/N-ethyl adjacent to an activating group) is 1. The van der Waals surface area contributed by atoms with Gasteiger partial charge < -0.3 is 14.4 Å². The van der Waals surface area contributed by atoms with Gasteiger partial charge in [-0.25, -0.2) is 4.79 Å². The predicted molar refractivity (Wildman–Crippen MR) is 100 cm³/mol. The van der Waals surface area contributed by atoms with Crippen LogP contribution in [0.15, 0.2) is 72.8 Å². The van der Waals surface area contributed by atoms with Crippen LogP contribution in [0.3, 0.4) is 0 Å². The highest BCUT2D eigenvalue weighted by atomic mass is 16.7. The van der Waals surface area contributed by atoms with E-state index in [2.05, 4.69) is 36.1 Å². The van der Waals surface area contributed by atoms with Crippen molar-refractivity contribution in [2.24, 2.45) is 0 Å². The molecule has 4 nitrogen and oxygen atoms in total. The maximum atomic E-state index is 11.8. The Morgan fingerprint density at radius 1 is 0.920 bits per heavy atom. The minimum Gasteiger partial charge on any atom is -0.432 e. The van der Waals surface area contributed by atoms with Crippen molar-refractivity contribution in [3.05, 3.63) is 72.8 Å². The van der Waals surface area contributed by atoms with E-state index >= 15 is 0 Å². The van der Waals surface area contributed by atoms with Crippen LogP contribution in [0.2, 0.25) is 0 Å². The lowest BCUT2D eigenvalue weighted by Crippen LogP contribution is -2.28. The van der Waals surface area contributed by atoms with Gasteiger partial charge in [-0.3, -0.25) is 0 Å². The van der Waals surface area contributed by atoms with Gasteiger partial charge in [0.25, 0.3) is 0 Å². The molecule has 0 saturated heterocycles. The average molecular weight is 335 g/mol. The van der Waals surface area contributed by atoms with E-state index < -0.39 is 6.16 Å². The van der Waals surface area contributed by atoms with Crippen LogP contribution < -0.4 is 9.64 Å². The largest absolute Gasteiger partial charge is 0.513 e. The predicted octanol–water partition coefficient (Wildman–Crippen LogP) is 4.88. The Bertz CT molecular complexity index is 827. The van der Waals surface area contributed by atoms with Gasteiger partial charge in [-0.15, -0.1) is 0 Å². The third-order valence-corrected chi connectivity index (χ3v) is 4.01. The van der Waals surface area contributed by atoms with Crippen molar-refractivity contribution in [2.45, 2.75) is 6.92 Å². The van der Waals surface area contributed by atoms with Crippen molar-refractivity contribution in [1.29, 1.82) is 0 Å².